The lowest BCUT2D eigenvalue weighted by molar-refractivity contribution is -0.114. The fraction of sp³-hybridized carbons (Fsp3) is 0.250. The van der Waals surface area contributed by atoms with Gasteiger partial charge in [-0.25, -0.2) is 0 Å². The van der Waals surface area contributed by atoms with Gasteiger partial charge in [-0.2, -0.15) is 0 Å². The highest BCUT2D eigenvalue weighted by atomic mass is 35.5. The van der Waals surface area contributed by atoms with E-state index in [0.29, 0.717) is 5.69 Å². The summed E-state index contributed by atoms with van der Waals surface area (Å²) >= 11 is 11.7. The van der Waals surface area contributed by atoms with Crippen molar-refractivity contribution in [3.63, 3.8) is 0 Å². The minimum absolute atomic E-state index is 0.0306. The highest BCUT2D eigenvalue weighted by Gasteiger charge is 2.14. The second kappa shape index (κ2) is 7.59. The number of pyridine rings is 1. The normalized spacial score (nSPS) is 10.5. The summed E-state index contributed by atoms with van der Waals surface area (Å²) in [6.45, 7) is 3.62. The lowest BCUT2D eigenvalue weighted by Crippen LogP contribution is -2.25. The summed E-state index contributed by atoms with van der Waals surface area (Å²) in [4.78, 5) is 26.7. The lowest BCUT2D eigenvalue weighted by Gasteiger charge is -2.12. The number of nitrogens with one attached hydrogen (secondary N) is 3. The molecule has 2 aromatic rings. The number of hydrogen-bond acceptors (Lipinski definition) is 4. The Balaban J connectivity index is 2.10. The first-order valence-electron chi connectivity index (χ1n) is 7.27. The number of halogens is 2. The fourth-order valence-corrected chi connectivity index (χ4v) is 2.54. The van der Waals surface area contributed by atoms with Crippen LogP contribution in [0.25, 0.3) is 0 Å². The lowest BCUT2D eigenvalue weighted by atomic mass is 10.1. The Labute approximate surface area is 148 Å². The summed E-state index contributed by atoms with van der Waals surface area (Å²) in [5.41, 5.74) is 1.80. The van der Waals surface area contributed by atoms with Gasteiger partial charge in [0.1, 0.15) is 11.4 Å². The molecule has 4 N–H and O–H groups in total. The smallest absolute Gasteiger partial charge is 0.271 e. The zero-order valence-corrected chi connectivity index (χ0v) is 14.7. The molecule has 0 saturated heterocycles. The van der Waals surface area contributed by atoms with E-state index < -0.39 is 5.91 Å². The number of H-pyrrole nitrogens is 1. The Bertz CT molecular complexity index is 834. The maximum atomic E-state index is 12.0. The van der Waals surface area contributed by atoms with Crippen LogP contribution in [-0.4, -0.2) is 22.5 Å². The number of aromatic nitrogens is 1. The molecular formula is C16H17Cl2N3O3. The van der Waals surface area contributed by atoms with Crippen LogP contribution < -0.4 is 16.2 Å². The van der Waals surface area contributed by atoms with E-state index in [-0.39, 0.29) is 33.6 Å². The first kappa shape index (κ1) is 18.2. The largest absolute Gasteiger partial charge is 0.504 e. The monoisotopic (exact) mass is 369 g/mol. The second-order valence-electron chi connectivity index (χ2n) is 5.17. The van der Waals surface area contributed by atoms with Crippen molar-refractivity contribution in [3.8, 4) is 5.75 Å². The third kappa shape index (κ3) is 4.01. The third-order valence-electron chi connectivity index (χ3n) is 3.51. The molecule has 1 aromatic carbocycles. The van der Waals surface area contributed by atoms with Gasteiger partial charge in [-0.1, -0.05) is 30.1 Å². The van der Waals surface area contributed by atoms with Crippen LogP contribution in [0.1, 0.15) is 18.2 Å². The molecule has 0 saturated carbocycles. The second-order valence-corrected chi connectivity index (χ2v) is 5.98. The third-order valence-corrected chi connectivity index (χ3v) is 4.13. The first-order chi connectivity index (χ1) is 11.3. The van der Waals surface area contributed by atoms with E-state index in [1.165, 1.54) is 12.1 Å². The van der Waals surface area contributed by atoms with Crippen LogP contribution in [0.3, 0.4) is 0 Å². The fourth-order valence-electron chi connectivity index (χ4n) is 2.18. The molecule has 0 aliphatic heterocycles. The van der Waals surface area contributed by atoms with Gasteiger partial charge in [-0.05, 0) is 37.1 Å². The Morgan fingerprint density at radius 2 is 1.96 bits per heavy atom. The van der Waals surface area contributed by atoms with Crippen molar-refractivity contribution in [3.05, 3.63) is 49.9 Å². The Morgan fingerprint density at radius 3 is 2.62 bits per heavy atom. The highest BCUT2D eigenvalue weighted by molar-refractivity contribution is 6.37. The summed E-state index contributed by atoms with van der Waals surface area (Å²) in [6, 6.07) is 4.60. The van der Waals surface area contributed by atoms with Crippen LogP contribution in [0.2, 0.25) is 10.0 Å². The molecule has 0 unspecified atom stereocenters. The number of phenolic OH excluding ortho intramolecular Hbond substituents is 1. The molecule has 1 amide bonds. The zero-order chi connectivity index (χ0) is 17.9. The van der Waals surface area contributed by atoms with Crippen LogP contribution >= 0.6 is 23.2 Å². The Kier molecular flexibility index (Phi) is 5.75. The molecular weight excluding hydrogens is 353 g/mol. The zero-order valence-electron chi connectivity index (χ0n) is 13.2. The predicted molar refractivity (Wildman–Crippen MR) is 96.4 cm³/mol. The number of aromatic amines is 1. The van der Waals surface area contributed by atoms with Crippen molar-refractivity contribution in [1.29, 1.82) is 0 Å². The molecule has 8 heteroatoms. The average molecular weight is 370 g/mol. The number of rotatable bonds is 5. The Morgan fingerprint density at radius 1 is 1.29 bits per heavy atom. The van der Waals surface area contributed by atoms with E-state index in [1.807, 2.05) is 13.8 Å². The van der Waals surface area contributed by atoms with Gasteiger partial charge < -0.3 is 20.7 Å². The number of benzene rings is 1. The topological polar surface area (TPSA) is 94.2 Å². The summed E-state index contributed by atoms with van der Waals surface area (Å²) < 4.78 is 0. The van der Waals surface area contributed by atoms with Crippen LogP contribution in [0.15, 0.2) is 23.0 Å². The van der Waals surface area contributed by atoms with E-state index in [9.17, 15) is 14.7 Å². The molecule has 128 valence electrons. The molecule has 0 aliphatic rings. The number of aryl methyl sites for hydroxylation is 2. The molecule has 0 atom stereocenters. The predicted octanol–water partition coefficient (Wildman–Crippen LogP) is 3.31. The molecule has 0 fully saturated rings. The average Bonchev–Trinajstić information content (AvgIpc) is 2.54. The molecule has 6 nitrogen and oxygen atoms in total. The molecule has 2 rings (SSSR count). The van der Waals surface area contributed by atoms with E-state index in [1.54, 1.807) is 6.07 Å². The van der Waals surface area contributed by atoms with Crippen molar-refractivity contribution < 1.29 is 9.90 Å². The minimum atomic E-state index is -0.479. The number of carbonyl (C=O) groups is 1. The van der Waals surface area contributed by atoms with Crippen molar-refractivity contribution in [2.75, 3.05) is 17.2 Å². The molecule has 24 heavy (non-hydrogen) atoms. The van der Waals surface area contributed by atoms with Crippen LogP contribution in [0.4, 0.5) is 11.4 Å². The SMILES string of the molecule is CCc1cc(NCC(=O)Nc2c(Cl)ccc(Cl)c2O)c(=O)[nH]c1C. The maximum absolute atomic E-state index is 12.0. The molecule has 0 spiro atoms. The van der Waals surface area contributed by atoms with Crippen molar-refractivity contribution in [2.45, 2.75) is 20.3 Å². The number of anilines is 2. The maximum Gasteiger partial charge on any atom is 0.271 e. The molecule has 1 heterocycles. The number of carbonyl (C=O) groups excluding carboxylic acids is 1. The Hall–Kier alpha value is -2.18. The van der Waals surface area contributed by atoms with Crippen LogP contribution in [0.5, 0.6) is 5.75 Å². The first-order valence-corrected chi connectivity index (χ1v) is 8.02. The molecule has 0 bridgehead atoms. The van der Waals surface area contributed by atoms with E-state index in [0.717, 1.165) is 17.7 Å². The number of phenols is 1. The highest BCUT2D eigenvalue weighted by Crippen LogP contribution is 2.37. The minimum Gasteiger partial charge on any atom is -0.504 e. The summed E-state index contributed by atoms with van der Waals surface area (Å²) in [5, 5.41) is 15.3. The standard InChI is InChI=1S/C16H17Cl2N3O3/c1-3-9-6-12(16(24)20-8(9)2)19-7-13(22)21-14-10(17)4-5-11(18)15(14)23/h4-6,19,23H,3,7H2,1-2H3,(H,20,24)(H,21,22). The van der Waals surface area contributed by atoms with Crippen LogP contribution in [-0.2, 0) is 11.2 Å². The quantitative estimate of drug-likeness (QED) is 0.608. The van der Waals surface area contributed by atoms with Crippen molar-refractivity contribution >= 4 is 40.5 Å². The van der Waals surface area contributed by atoms with Gasteiger partial charge in [0.05, 0.1) is 16.6 Å². The molecule has 0 aliphatic carbocycles. The van der Waals surface area contributed by atoms with Gasteiger partial charge in [0.25, 0.3) is 5.56 Å². The van der Waals surface area contributed by atoms with Crippen molar-refractivity contribution in [1.82, 2.24) is 4.98 Å². The van der Waals surface area contributed by atoms with Gasteiger partial charge in [0.2, 0.25) is 5.91 Å². The van der Waals surface area contributed by atoms with Gasteiger partial charge >= 0.3 is 0 Å². The van der Waals surface area contributed by atoms with E-state index in [2.05, 4.69) is 15.6 Å². The van der Waals surface area contributed by atoms with E-state index in [4.69, 9.17) is 23.2 Å². The van der Waals surface area contributed by atoms with Gasteiger partial charge in [0.15, 0.2) is 5.75 Å². The van der Waals surface area contributed by atoms with Gasteiger partial charge in [-0.3, -0.25) is 9.59 Å². The van der Waals surface area contributed by atoms with Gasteiger partial charge in [0, 0.05) is 5.69 Å². The number of amides is 1. The number of hydrogen-bond donors (Lipinski definition) is 4. The van der Waals surface area contributed by atoms with E-state index >= 15 is 0 Å². The molecule has 0 radical (unpaired) electrons. The summed E-state index contributed by atoms with van der Waals surface area (Å²) in [6.07, 6.45) is 0.759. The number of aromatic hydroxyl groups is 1. The summed E-state index contributed by atoms with van der Waals surface area (Å²) in [5.74, 6) is -0.786. The van der Waals surface area contributed by atoms with Crippen LogP contribution in [0, 0.1) is 6.92 Å². The molecule has 1 aromatic heterocycles. The van der Waals surface area contributed by atoms with Crippen molar-refractivity contribution in [2.24, 2.45) is 0 Å². The van der Waals surface area contributed by atoms with Gasteiger partial charge in [-0.15, -0.1) is 0 Å². The summed E-state index contributed by atoms with van der Waals surface area (Å²) in [7, 11) is 0.